The van der Waals surface area contributed by atoms with Crippen molar-refractivity contribution in [2.24, 2.45) is 0 Å². The molecule has 2 N–H and O–H groups in total. The molecular weight excluding hydrogens is 274 g/mol. The van der Waals surface area contributed by atoms with Crippen LogP contribution in [0.25, 0.3) is 11.3 Å². The SMILES string of the molecule is CCNC(=O)C(C)n1nnc(C(=O)O)c1-c1cccnc1. The molecule has 0 aliphatic rings. The molecule has 0 saturated heterocycles. The third kappa shape index (κ3) is 2.88. The molecule has 8 nitrogen and oxygen atoms in total. The maximum atomic E-state index is 11.9. The predicted octanol–water partition coefficient (Wildman–Crippen LogP) is 0.735. The lowest BCUT2D eigenvalue weighted by molar-refractivity contribution is -0.124. The van der Waals surface area contributed by atoms with Gasteiger partial charge in [0.2, 0.25) is 5.91 Å². The first-order valence-electron chi connectivity index (χ1n) is 6.42. The highest BCUT2D eigenvalue weighted by atomic mass is 16.4. The van der Waals surface area contributed by atoms with Crippen molar-refractivity contribution in [3.63, 3.8) is 0 Å². The van der Waals surface area contributed by atoms with Crippen LogP contribution in [-0.4, -0.2) is 43.5 Å². The van der Waals surface area contributed by atoms with Crippen LogP contribution in [-0.2, 0) is 4.79 Å². The monoisotopic (exact) mass is 289 g/mol. The van der Waals surface area contributed by atoms with E-state index in [9.17, 15) is 14.7 Å². The van der Waals surface area contributed by atoms with Crippen molar-refractivity contribution < 1.29 is 14.7 Å². The largest absolute Gasteiger partial charge is 0.476 e. The van der Waals surface area contributed by atoms with Crippen LogP contribution in [0.1, 0.15) is 30.4 Å². The van der Waals surface area contributed by atoms with Gasteiger partial charge in [0, 0.05) is 24.5 Å². The number of aromatic carboxylic acids is 1. The molecule has 1 unspecified atom stereocenters. The molecule has 2 aromatic rings. The predicted molar refractivity (Wildman–Crippen MR) is 73.6 cm³/mol. The number of carbonyl (C=O) groups is 2. The lowest BCUT2D eigenvalue weighted by Crippen LogP contribution is -2.31. The number of nitrogens with one attached hydrogen (secondary N) is 1. The number of nitrogens with zero attached hydrogens (tertiary/aromatic N) is 4. The van der Waals surface area contributed by atoms with Crippen molar-refractivity contribution in [2.45, 2.75) is 19.9 Å². The standard InChI is InChI=1S/C13H15N5O3/c1-3-15-12(19)8(2)18-11(9-5-4-6-14-7-9)10(13(20)21)16-17-18/h4-8H,3H2,1-2H3,(H,15,19)(H,20,21). The molecule has 0 radical (unpaired) electrons. The van der Waals surface area contributed by atoms with E-state index in [4.69, 9.17) is 0 Å². The van der Waals surface area contributed by atoms with E-state index in [1.807, 2.05) is 0 Å². The first kappa shape index (κ1) is 14.6. The number of likely N-dealkylation sites (N-methyl/N-ethyl adjacent to an activating group) is 1. The second-order valence-electron chi connectivity index (χ2n) is 4.35. The Balaban J connectivity index is 2.53. The summed E-state index contributed by atoms with van der Waals surface area (Å²) in [4.78, 5) is 27.2. The summed E-state index contributed by atoms with van der Waals surface area (Å²) in [6.45, 7) is 3.91. The summed E-state index contributed by atoms with van der Waals surface area (Å²) in [5, 5.41) is 19.4. The zero-order chi connectivity index (χ0) is 15.4. The van der Waals surface area contributed by atoms with Gasteiger partial charge >= 0.3 is 5.97 Å². The van der Waals surface area contributed by atoms with E-state index in [2.05, 4.69) is 20.6 Å². The van der Waals surface area contributed by atoms with Gasteiger partial charge < -0.3 is 10.4 Å². The Morgan fingerprint density at radius 2 is 2.24 bits per heavy atom. The van der Waals surface area contributed by atoms with Crippen LogP contribution < -0.4 is 5.32 Å². The first-order chi connectivity index (χ1) is 10.1. The molecule has 0 aromatic carbocycles. The van der Waals surface area contributed by atoms with E-state index in [0.717, 1.165) is 0 Å². The number of carbonyl (C=O) groups excluding carboxylic acids is 1. The zero-order valence-corrected chi connectivity index (χ0v) is 11.6. The fourth-order valence-electron chi connectivity index (χ4n) is 1.91. The molecule has 8 heteroatoms. The highest BCUT2D eigenvalue weighted by Crippen LogP contribution is 2.24. The molecule has 1 atom stereocenters. The van der Waals surface area contributed by atoms with Crippen molar-refractivity contribution in [1.82, 2.24) is 25.3 Å². The summed E-state index contributed by atoms with van der Waals surface area (Å²) in [7, 11) is 0. The van der Waals surface area contributed by atoms with E-state index in [1.54, 1.807) is 32.2 Å². The van der Waals surface area contributed by atoms with Gasteiger partial charge in [-0.1, -0.05) is 5.21 Å². The minimum absolute atomic E-state index is 0.209. The maximum absolute atomic E-state index is 11.9. The molecule has 110 valence electrons. The van der Waals surface area contributed by atoms with E-state index in [0.29, 0.717) is 12.1 Å². The lowest BCUT2D eigenvalue weighted by atomic mass is 10.1. The van der Waals surface area contributed by atoms with Crippen LogP contribution in [0.3, 0.4) is 0 Å². The Kier molecular flexibility index (Phi) is 4.27. The van der Waals surface area contributed by atoms with Gasteiger partial charge in [-0.2, -0.15) is 0 Å². The van der Waals surface area contributed by atoms with Gasteiger partial charge in [-0.25, -0.2) is 9.48 Å². The van der Waals surface area contributed by atoms with Gasteiger partial charge in [0.1, 0.15) is 11.7 Å². The number of carboxylic acid groups (broad SMARTS) is 1. The van der Waals surface area contributed by atoms with Crippen molar-refractivity contribution in [2.75, 3.05) is 6.54 Å². The Morgan fingerprint density at radius 1 is 1.48 bits per heavy atom. The Labute approximate surface area is 120 Å². The number of aromatic nitrogens is 4. The lowest BCUT2D eigenvalue weighted by Gasteiger charge is -2.14. The van der Waals surface area contributed by atoms with Crippen molar-refractivity contribution in [1.29, 1.82) is 0 Å². The van der Waals surface area contributed by atoms with Gasteiger partial charge in [0.25, 0.3) is 0 Å². The van der Waals surface area contributed by atoms with E-state index in [1.165, 1.54) is 10.9 Å². The molecule has 2 heterocycles. The minimum Gasteiger partial charge on any atom is -0.476 e. The Hall–Kier alpha value is -2.77. The highest BCUT2D eigenvalue weighted by Gasteiger charge is 2.26. The van der Waals surface area contributed by atoms with Crippen LogP contribution in [0.4, 0.5) is 0 Å². The van der Waals surface area contributed by atoms with Crippen molar-refractivity contribution >= 4 is 11.9 Å². The maximum Gasteiger partial charge on any atom is 0.358 e. The number of hydrogen-bond donors (Lipinski definition) is 2. The fourth-order valence-corrected chi connectivity index (χ4v) is 1.91. The second kappa shape index (κ2) is 6.12. The average Bonchev–Trinajstić information content (AvgIpc) is 2.92. The van der Waals surface area contributed by atoms with Crippen LogP contribution in [0.2, 0.25) is 0 Å². The number of pyridine rings is 1. The van der Waals surface area contributed by atoms with Crippen molar-refractivity contribution in [3.8, 4) is 11.3 Å². The van der Waals surface area contributed by atoms with Gasteiger partial charge in [0.05, 0.1) is 0 Å². The van der Waals surface area contributed by atoms with Crippen molar-refractivity contribution in [3.05, 3.63) is 30.2 Å². The molecule has 0 aliphatic heterocycles. The van der Waals surface area contributed by atoms with E-state index in [-0.39, 0.29) is 17.3 Å². The minimum atomic E-state index is -1.21. The molecule has 0 fully saturated rings. The number of amides is 1. The number of carboxylic acids is 1. The van der Waals surface area contributed by atoms with E-state index >= 15 is 0 Å². The Morgan fingerprint density at radius 3 is 2.81 bits per heavy atom. The van der Waals surface area contributed by atoms with Crippen LogP contribution >= 0.6 is 0 Å². The third-order valence-electron chi connectivity index (χ3n) is 2.93. The highest BCUT2D eigenvalue weighted by molar-refractivity contribution is 5.93. The summed E-state index contributed by atoms with van der Waals surface area (Å²) in [5.41, 5.74) is 0.588. The molecule has 0 aliphatic carbocycles. The van der Waals surface area contributed by atoms with E-state index < -0.39 is 12.0 Å². The molecule has 21 heavy (non-hydrogen) atoms. The van der Waals surface area contributed by atoms with Gasteiger partial charge in [-0.3, -0.25) is 9.78 Å². The quantitative estimate of drug-likeness (QED) is 0.839. The summed E-state index contributed by atoms with van der Waals surface area (Å²) in [6, 6.07) is 2.69. The fraction of sp³-hybridized carbons (Fsp3) is 0.308. The van der Waals surface area contributed by atoms with Gasteiger partial charge in [-0.05, 0) is 26.0 Å². The molecule has 0 bridgehead atoms. The zero-order valence-electron chi connectivity index (χ0n) is 11.6. The molecule has 2 rings (SSSR count). The summed E-state index contributed by atoms with van der Waals surface area (Å²) in [6.07, 6.45) is 3.08. The molecule has 0 saturated carbocycles. The summed E-state index contributed by atoms with van der Waals surface area (Å²) >= 11 is 0. The smallest absolute Gasteiger partial charge is 0.358 e. The topological polar surface area (TPSA) is 110 Å². The number of hydrogen-bond acceptors (Lipinski definition) is 5. The summed E-state index contributed by atoms with van der Waals surface area (Å²) in [5.74, 6) is -1.47. The van der Waals surface area contributed by atoms with Crippen LogP contribution in [0.5, 0.6) is 0 Å². The van der Waals surface area contributed by atoms with Gasteiger partial charge in [-0.15, -0.1) is 5.10 Å². The second-order valence-corrected chi connectivity index (χ2v) is 4.35. The first-order valence-corrected chi connectivity index (χ1v) is 6.42. The van der Waals surface area contributed by atoms with Crippen LogP contribution in [0.15, 0.2) is 24.5 Å². The average molecular weight is 289 g/mol. The van der Waals surface area contributed by atoms with Crippen LogP contribution in [0, 0.1) is 0 Å². The summed E-state index contributed by atoms with van der Waals surface area (Å²) < 4.78 is 1.30. The molecule has 1 amide bonds. The molecule has 0 spiro atoms. The normalized spacial score (nSPS) is 11.9. The third-order valence-corrected chi connectivity index (χ3v) is 2.93. The number of rotatable bonds is 5. The van der Waals surface area contributed by atoms with Gasteiger partial charge in [0.15, 0.2) is 5.69 Å². The molecular formula is C13H15N5O3. The molecule has 2 aromatic heterocycles. The Bertz CT molecular complexity index is 653.